The molecular weight excluding hydrogens is 396 g/mol. The summed E-state index contributed by atoms with van der Waals surface area (Å²) < 4.78 is 5.90. The van der Waals surface area contributed by atoms with Crippen LogP contribution in [0.3, 0.4) is 0 Å². The van der Waals surface area contributed by atoms with Gasteiger partial charge in [-0.3, -0.25) is 4.79 Å². The number of para-hydroxylation sites is 1. The molecule has 3 aromatic carbocycles. The molecule has 0 bridgehead atoms. The fourth-order valence-electron chi connectivity index (χ4n) is 2.87. The predicted molar refractivity (Wildman–Crippen MR) is 119 cm³/mol. The Bertz CT molecular complexity index is 1070. The molecule has 1 N–H and O–H groups in total. The van der Waals surface area contributed by atoms with Gasteiger partial charge in [0.25, 0.3) is 5.91 Å². The van der Waals surface area contributed by atoms with E-state index in [2.05, 4.69) is 5.32 Å². The topological polar surface area (TPSA) is 62.1 Å². The predicted octanol–water partition coefficient (Wildman–Crippen LogP) is 5.18. The number of nitrogens with one attached hydrogen (secondary N) is 1. The van der Waals surface area contributed by atoms with Gasteiger partial charge in [-0.2, -0.15) is 5.26 Å². The van der Waals surface area contributed by atoms with Gasteiger partial charge in [-0.05, 0) is 30.2 Å². The van der Waals surface area contributed by atoms with Crippen LogP contribution in [0.2, 0.25) is 5.02 Å². The second-order valence-electron chi connectivity index (χ2n) is 6.58. The number of hydrogen-bond donors (Lipinski definition) is 1. The normalized spacial score (nSPS) is 10.9. The third-order valence-electron chi connectivity index (χ3n) is 4.47. The molecule has 0 spiro atoms. The number of amides is 1. The Labute approximate surface area is 181 Å². The zero-order valence-corrected chi connectivity index (χ0v) is 17.1. The Morgan fingerprint density at radius 3 is 2.47 bits per heavy atom. The highest BCUT2D eigenvalue weighted by molar-refractivity contribution is 6.31. The molecule has 30 heavy (non-hydrogen) atoms. The smallest absolute Gasteiger partial charge is 0.261 e. The molecule has 0 aliphatic carbocycles. The van der Waals surface area contributed by atoms with Crippen LogP contribution in [-0.2, 0) is 17.8 Å². The van der Waals surface area contributed by atoms with Gasteiger partial charge in [0.15, 0.2) is 0 Å². The first-order valence-corrected chi connectivity index (χ1v) is 9.94. The van der Waals surface area contributed by atoms with Crippen LogP contribution in [-0.4, -0.2) is 12.5 Å². The maximum Gasteiger partial charge on any atom is 0.261 e. The van der Waals surface area contributed by atoms with Crippen molar-refractivity contribution in [2.75, 3.05) is 6.54 Å². The average molecular weight is 417 g/mol. The monoisotopic (exact) mass is 416 g/mol. The first-order chi connectivity index (χ1) is 14.7. The van der Waals surface area contributed by atoms with Crippen molar-refractivity contribution in [2.24, 2.45) is 0 Å². The summed E-state index contributed by atoms with van der Waals surface area (Å²) in [6, 6.07) is 26.6. The highest BCUT2D eigenvalue weighted by Crippen LogP contribution is 2.24. The minimum Gasteiger partial charge on any atom is -0.488 e. The molecule has 5 heteroatoms. The molecule has 0 saturated heterocycles. The highest BCUT2D eigenvalue weighted by atomic mass is 35.5. The SMILES string of the molecule is N#CC(=Cc1ccccc1OCc1ccccc1Cl)C(=O)NCCc1ccccc1. The molecule has 150 valence electrons. The Morgan fingerprint density at radius 2 is 1.70 bits per heavy atom. The van der Waals surface area contributed by atoms with Crippen molar-refractivity contribution in [3.63, 3.8) is 0 Å². The molecule has 0 fully saturated rings. The molecule has 0 aromatic heterocycles. The van der Waals surface area contributed by atoms with Gasteiger partial charge in [-0.15, -0.1) is 0 Å². The summed E-state index contributed by atoms with van der Waals surface area (Å²) in [5.41, 5.74) is 2.66. The number of ether oxygens (including phenoxy) is 1. The van der Waals surface area contributed by atoms with Crippen molar-refractivity contribution in [2.45, 2.75) is 13.0 Å². The van der Waals surface area contributed by atoms with Crippen LogP contribution in [0.1, 0.15) is 16.7 Å². The number of hydrogen-bond acceptors (Lipinski definition) is 3. The Balaban J connectivity index is 1.67. The van der Waals surface area contributed by atoms with Crippen molar-refractivity contribution in [3.8, 4) is 11.8 Å². The second kappa shape index (κ2) is 10.8. The number of nitriles is 1. The maximum atomic E-state index is 12.4. The van der Waals surface area contributed by atoms with E-state index in [9.17, 15) is 10.1 Å². The van der Waals surface area contributed by atoms with Crippen LogP contribution in [0.25, 0.3) is 6.08 Å². The summed E-state index contributed by atoms with van der Waals surface area (Å²) in [6.45, 7) is 0.738. The fraction of sp³-hybridized carbons (Fsp3) is 0.120. The summed E-state index contributed by atoms with van der Waals surface area (Å²) in [5.74, 6) is 0.164. The summed E-state index contributed by atoms with van der Waals surface area (Å²) >= 11 is 6.18. The number of carbonyl (C=O) groups is 1. The fourth-order valence-corrected chi connectivity index (χ4v) is 3.06. The number of nitrogens with zero attached hydrogens (tertiary/aromatic N) is 1. The molecule has 0 atom stereocenters. The van der Waals surface area contributed by atoms with E-state index in [1.54, 1.807) is 24.3 Å². The van der Waals surface area contributed by atoms with Crippen LogP contribution in [0.15, 0.2) is 84.4 Å². The Kier molecular flexibility index (Phi) is 7.65. The van der Waals surface area contributed by atoms with E-state index >= 15 is 0 Å². The zero-order chi connectivity index (χ0) is 21.2. The molecule has 0 aliphatic heterocycles. The van der Waals surface area contributed by atoms with Crippen molar-refractivity contribution in [3.05, 3.63) is 106 Å². The Morgan fingerprint density at radius 1 is 1.00 bits per heavy atom. The number of rotatable bonds is 8. The molecule has 3 rings (SSSR count). The van der Waals surface area contributed by atoms with Gasteiger partial charge in [0.05, 0.1) is 0 Å². The summed E-state index contributed by atoms with van der Waals surface area (Å²) in [4.78, 5) is 12.4. The molecule has 3 aromatic rings. The molecule has 0 heterocycles. The van der Waals surface area contributed by atoms with E-state index in [0.29, 0.717) is 29.3 Å². The molecule has 0 aliphatic rings. The summed E-state index contributed by atoms with van der Waals surface area (Å²) in [6.07, 6.45) is 2.24. The first-order valence-electron chi connectivity index (χ1n) is 9.56. The minimum atomic E-state index is -0.408. The van der Waals surface area contributed by atoms with Gasteiger partial charge in [0, 0.05) is 22.7 Å². The van der Waals surface area contributed by atoms with Crippen molar-refractivity contribution in [1.82, 2.24) is 5.32 Å². The molecule has 1 amide bonds. The number of benzene rings is 3. The molecule has 4 nitrogen and oxygen atoms in total. The van der Waals surface area contributed by atoms with Crippen LogP contribution < -0.4 is 10.1 Å². The first kappa shape index (κ1) is 21.2. The van der Waals surface area contributed by atoms with Crippen LogP contribution in [0.5, 0.6) is 5.75 Å². The van der Waals surface area contributed by atoms with Crippen molar-refractivity contribution < 1.29 is 9.53 Å². The highest BCUT2D eigenvalue weighted by Gasteiger charge is 2.11. The van der Waals surface area contributed by atoms with Crippen LogP contribution in [0, 0.1) is 11.3 Å². The summed E-state index contributed by atoms with van der Waals surface area (Å²) in [7, 11) is 0. The van der Waals surface area contributed by atoms with Crippen molar-refractivity contribution in [1.29, 1.82) is 5.26 Å². The molecule has 0 unspecified atom stereocenters. The largest absolute Gasteiger partial charge is 0.488 e. The third kappa shape index (κ3) is 5.97. The van der Waals surface area contributed by atoms with Crippen LogP contribution >= 0.6 is 11.6 Å². The molecule has 0 radical (unpaired) electrons. The lowest BCUT2D eigenvalue weighted by Gasteiger charge is -2.11. The lowest BCUT2D eigenvalue weighted by molar-refractivity contribution is -0.117. The van der Waals surface area contributed by atoms with E-state index in [0.717, 1.165) is 11.1 Å². The van der Waals surface area contributed by atoms with E-state index in [1.165, 1.54) is 0 Å². The maximum absolute atomic E-state index is 12.4. The standard InChI is InChI=1S/C25H21ClN2O2/c26-23-12-6-4-11-21(23)18-30-24-13-7-5-10-20(24)16-22(17-27)25(29)28-15-14-19-8-2-1-3-9-19/h1-13,16H,14-15,18H2,(H,28,29). The molecular formula is C25H21ClN2O2. The van der Waals surface area contributed by atoms with Gasteiger partial charge >= 0.3 is 0 Å². The van der Waals surface area contributed by atoms with Gasteiger partial charge in [-0.1, -0.05) is 78.3 Å². The quantitative estimate of drug-likeness (QED) is 0.406. The lowest BCUT2D eigenvalue weighted by atomic mass is 10.1. The van der Waals surface area contributed by atoms with E-state index in [1.807, 2.05) is 66.7 Å². The zero-order valence-electron chi connectivity index (χ0n) is 16.3. The van der Waals surface area contributed by atoms with E-state index < -0.39 is 5.91 Å². The van der Waals surface area contributed by atoms with E-state index in [4.69, 9.17) is 16.3 Å². The number of halogens is 1. The Hall–Kier alpha value is -3.55. The third-order valence-corrected chi connectivity index (χ3v) is 4.84. The van der Waals surface area contributed by atoms with E-state index in [-0.39, 0.29) is 12.2 Å². The lowest BCUT2D eigenvalue weighted by Crippen LogP contribution is -2.26. The van der Waals surface area contributed by atoms with Crippen LogP contribution in [0.4, 0.5) is 0 Å². The van der Waals surface area contributed by atoms with Gasteiger partial charge in [-0.25, -0.2) is 0 Å². The summed E-state index contributed by atoms with van der Waals surface area (Å²) in [5, 5.41) is 12.9. The van der Waals surface area contributed by atoms with Gasteiger partial charge in [0.2, 0.25) is 0 Å². The molecule has 0 saturated carbocycles. The van der Waals surface area contributed by atoms with Gasteiger partial charge < -0.3 is 10.1 Å². The second-order valence-corrected chi connectivity index (χ2v) is 6.99. The average Bonchev–Trinajstić information content (AvgIpc) is 2.78. The van der Waals surface area contributed by atoms with Crippen molar-refractivity contribution >= 4 is 23.6 Å². The van der Waals surface area contributed by atoms with Gasteiger partial charge in [0.1, 0.15) is 24.0 Å². The minimum absolute atomic E-state index is 0.0249. The number of carbonyl (C=O) groups excluding carboxylic acids is 1.